The van der Waals surface area contributed by atoms with Gasteiger partial charge in [0.15, 0.2) is 5.43 Å². The lowest BCUT2D eigenvalue weighted by Crippen LogP contribution is -2.18. The number of halogens is 3. The SMILES string of the molecule is Cc1c(Cc2ccc(C(F)(F)F)cc2)c(=O)c2ccccc2n1O. The van der Waals surface area contributed by atoms with Gasteiger partial charge in [0.05, 0.1) is 16.8 Å². The van der Waals surface area contributed by atoms with Crippen LogP contribution in [0.3, 0.4) is 0 Å². The van der Waals surface area contributed by atoms with Gasteiger partial charge in [0.1, 0.15) is 0 Å². The van der Waals surface area contributed by atoms with Crippen LogP contribution in [-0.4, -0.2) is 9.94 Å². The lowest BCUT2D eigenvalue weighted by atomic mass is 10.00. The van der Waals surface area contributed by atoms with E-state index in [2.05, 4.69) is 0 Å². The Morgan fingerprint density at radius 2 is 1.67 bits per heavy atom. The second-order valence-electron chi connectivity index (χ2n) is 5.59. The molecule has 3 nitrogen and oxygen atoms in total. The quantitative estimate of drug-likeness (QED) is 0.716. The minimum absolute atomic E-state index is 0.147. The average Bonchev–Trinajstić information content (AvgIpc) is 2.56. The van der Waals surface area contributed by atoms with Gasteiger partial charge in [-0.3, -0.25) is 4.79 Å². The molecule has 0 spiro atoms. The summed E-state index contributed by atoms with van der Waals surface area (Å²) in [6.45, 7) is 1.60. The molecular formula is C18H14F3NO2. The molecule has 1 aromatic heterocycles. The van der Waals surface area contributed by atoms with Crippen molar-refractivity contribution in [1.82, 2.24) is 4.73 Å². The molecule has 6 heteroatoms. The molecule has 0 aliphatic rings. The van der Waals surface area contributed by atoms with Gasteiger partial charge in [0.2, 0.25) is 0 Å². The molecule has 1 heterocycles. The van der Waals surface area contributed by atoms with Crippen molar-refractivity contribution in [2.75, 3.05) is 0 Å². The molecule has 1 N–H and O–H groups in total. The topological polar surface area (TPSA) is 42.2 Å². The van der Waals surface area contributed by atoms with Gasteiger partial charge in [-0.1, -0.05) is 24.3 Å². The van der Waals surface area contributed by atoms with E-state index in [1.807, 2.05) is 0 Å². The number of alkyl halides is 3. The molecule has 3 aromatic rings. The summed E-state index contributed by atoms with van der Waals surface area (Å²) in [5, 5.41) is 10.6. The van der Waals surface area contributed by atoms with Crippen LogP contribution in [0, 0.1) is 6.92 Å². The summed E-state index contributed by atoms with van der Waals surface area (Å²) in [7, 11) is 0. The number of pyridine rings is 1. The number of hydrogen-bond donors (Lipinski definition) is 1. The predicted octanol–water partition coefficient (Wildman–Crippen LogP) is 4.16. The Labute approximate surface area is 135 Å². The van der Waals surface area contributed by atoms with Gasteiger partial charge in [0, 0.05) is 17.4 Å². The highest BCUT2D eigenvalue weighted by Crippen LogP contribution is 2.29. The molecule has 0 aliphatic heterocycles. The number of aromatic nitrogens is 1. The van der Waals surface area contributed by atoms with Crippen molar-refractivity contribution in [3.8, 4) is 0 Å². The number of hydrogen-bond acceptors (Lipinski definition) is 2. The van der Waals surface area contributed by atoms with Crippen molar-refractivity contribution in [2.45, 2.75) is 19.5 Å². The monoisotopic (exact) mass is 333 g/mol. The van der Waals surface area contributed by atoms with Crippen LogP contribution >= 0.6 is 0 Å². The molecule has 124 valence electrons. The summed E-state index contributed by atoms with van der Waals surface area (Å²) in [6.07, 6.45) is -4.25. The van der Waals surface area contributed by atoms with Crippen LogP contribution in [0.1, 0.15) is 22.4 Å². The highest BCUT2D eigenvalue weighted by Gasteiger charge is 2.30. The number of nitrogens with zero attached hydrogens (tertiary/aromatic N) is 1. The molecule has 24 heavy (non-hydrogen) atoms. The molecule has 0 aliphatic carbocycles. The lowest BCUT2D eigenvalue weighted by molar-refractivity contribution is -0.137. The normalized spacial score (nSPS) is 11.8. The molecule has 0 radical (unpaired) electrons. The zero-order valence-electron chi connectivity index (χ0n) is 12.8. The highest BCUT2D eigenvalue weighted by atomic mass is 19.4. The van der Waals surface area contributed by atoms with E-state index >= 15 is 0 Å². The van der Waals surface area contributed by atoms with Gasteiger partial charge in [-0.05, 0) is 36.8 Å². The van der Waals surface area contributed by atoms with E-state index in [9.17, 15) is 23.2 Å². The maximum Gasteiger partial charge on any atom is 0.416 e. The largest absolute Gasteiger partial charge is 0.428 e. The zero-order valence-corrected chi connectivity index (χ0v) is 12.8. The Hall–Kier alpha value is -2.76. The molecule has 0 fully saturated rings. The summed E-state index contributed by atoms with van der Waals surface area (Å²) in [4.78, 5) is 12.6. The Morgan fingerprint density at radius 1 is 1.04 bits per heavy atom. The maximum atomic E-state index is 12.6. The minimum atomic E-state index is -4.39. The van der Waals surface area contributed by atoms with Crippen molar-refractivity contribution in [2.24, 2.45) is 0 Å². The summed E-state index contributed by atoms with van der Waals surface area (Å²) < 4.78 is 38.8. The van der Waals surface area contributed by atoms with Gasteiger partial charge in [-0.15, -0.1) is 0 Å². The first-order valence-corrected chi connectivity index (χ1v) is 7.27. The van der Waals surface area contributed by atoms with Crippen LogP contribution in [0.2, 0.25) is 0 Å². The van der Waals surface area contributed by atoms with E-state index in [4.69, 9.17) is 0 Å². The molecule has 0 saturated heterocycles. The van der Waals surface area contributed by atoms with Gasteiger partial charge in [-0.2, -0.15) is 17.9 Å². The van der Waals surface area contributed by atoms with Crippen LogP contribution in [0.4, 0.5) is 13.2 Å². The maximum absolute atomic E-state index is 12.6. The third-order valence-electron chi connectivity index (χ3n) is 4.07. The number of fused-ring (bicyclic) bond motifs is 1. The molecule has 0 atom stereocenters. The molecule has 0 amide bonds. The fourth-order valence-corrected chi connectivity index (χ4v) is 2.71. The number of rotatable bonds is 2. The minimum Gasteiger partial charge on any atom is -0.428 e. The van der Waals surface area contributed by atoms with Gasteiger partial charge < -0.3 is 5.21 Å². The van der Waals surface area contributed by atoms with E-state index in [1.165, 1.54) is 12.1 Å². The average molecular weight is 333 g/mol. The van der Waals surface area contributed by atoms with E-state index in [-0.39, 0.29) is 11.8 Å². The summed E-state index contributed by atoms with van der Waals surface area (Å²) >= 11 is 0. The molecule has 0 unspecified atom stereocenters. The summed E-state index contributed by atoms with van der Waals surface area (Å²) in [6, 6.07) is 11.3. The van der Waals surface area contributed by atoms with Crippen molar-refractivity contribution < 1.29 is 18.4 Å². The van der Waals surface area contributed by atoms with Crippen LogP contribution in [-0.2, 0) is 12.6 Å². The standard InChI is InChI=1S/C18H14F3NO2/c1-11-15(10-12-6-8-13(9-7-12)18(19,20)21)17(23)14-4-2-3-5-16(14)22(11)24/h2-9,24H,10H2,1H3. The van der Waals surface area contributed by atoms with Crippen molar-refractivity contribution >= 4 is 10.9 Å². The smallest absolute Gasteiger partial charge is 0.416 e. The van der Waals surface area contributed by atoms with Crippen molar-refractivity contribution in [3.63, 3.8) is 0 Å². The second kappa shape index (κ2) is 5.70. The molecule has 0 bridgehead atoms. The molecule has 2 aromatic carbocycles. The van der Waals surface area contributed by atoms with Crippen molar-refractivity contribution in [1.29, 1.82) is 0 Å². The van der Waals surface area contributed by atoms with Crippen LogP contribution < -0.4 is 5.43 Å². The lowest BCUT2D eigenvalue weighted by Gasteiger charge is -2.13. The fraction of sp³-hybridized carbons (Fsp3) is 0.167. The first kappa shape index (κ1) is 16.1. The van der Waals surface area contributed by atoms with Crippen molar-refractivity contribution in [3.05, 3.63) is 81.1 Å². The zero-order chi connectivity index (χ0) is 17.5. The second-order valence-corrected chi connectivity index (χ2v) is 5.59. The Morgan fingerprint density at radius 3 is 2.29 bits per heavy atom. The third kappa shape index (κ3) is 2.75. The molecule has 0 saturated carbocycles. The first-order valence-electron chi connectivity index (χ1n) is 7.27. The Bertz CT molecular complexity index is 957. The Balaban J connectivity index is 2.06. The van der Waals surface area contributed by atoms with Gasteiger partial charge in [0.25, 0.3) is 0 Å². The van der Waals surface area contributed by atoms with E-state index in [1.54, 1.807) is 31.2 Å². The third-order valence-corrected chi connectivity index (χ3v) is 4.07. The van der Waals surface area contributed by atoms with E-state index < -0.39 is 11.7 Å². The van der Waals surface area contributed by atoms with Crippen LogP contribution in [0.25, 0.3) is 10.9 Å². The first-order chi connectivity index (χ1) is 11.3. The Kier molecular flexibility index (Phi) is 3.83. The van der Waals surface area contributed by atoms with Crippen LogP contribution in [0.5, 0.6) is 0 Å². The fourth-order valence-electron chi connectivity index (χ4n) is 2.71. The van der Waals surface area contributed by atoms with E-state index in [0.717, 1.165) is 16.9 Å². The summed E-state index contributed by atoms with van der Waals surface area (Å²) in [5.74, 6) is 0. The number of benzene rings is 2. The predicted molar refractivity (Wildman–Crippen MR) is 84.4 cm³/mol. The summed E-state index contributed by atoms with van der Waals surface area (Å²) in [5.41, 5.74) is 0.735. The number of para-hydroxylation sites is 1. The van der Waals surface area contributed by atoms with E-state index in [0.29, 0.717) is 27.7 Å². The van der Waals surface area contributed by atoms with Crippen LogP contribution in [0.15, 0.2) is 53.3 Å². The van der Waals surface area contributed by atoms with Gasteiger partial charge >= 0.3 is 6.18 Å². The van der Waals surface area contributed by atoms with Gasteiger partial charge in [-0.25, -0.2) is 0 Å². The highest BCUT2D eigenvalue weighted by molar-refractivity contribution is 5.79. The molecule has 3 rings (SSSR count). The molecular weight excluding hydrogens is 319 g/mol.